The molecule has 2 fully saturated rings. The SMILES string of the molecule is O=C(CCC1CCCCC1)N1CCC(c2ccsc2)CC1. The number of likely N-dealkylation sites (tertiary alicyclic amines) is 1. The van der Waals surface area contributed by atoms with Crippen molar-refractivity contribution in [3.05, 3.63) is 22.4 Å². The Kier molecular flexibility index (Phi) is 5.34. The standard InChI is InChI=1S/C18H27NOS/c20-18(7-6-15-4-2-1-3-5-15)19-11-8-16(9-12-19)17-10-13-21-14-17/h10,13-16H,1-9,11-12H2. The summed E-state index contributed by atoms with van der Waals surface area (Å²) in [6, 6.07) is 2.25. The van der Waals surface area contributed by atoms with Crippen molar-refractivity contribution in [2.75, 3.05) is 13.1 Å². The normalized spacial score (nSPS) is 21.6. The lowest BCUT2D eigenvalue weighted by molar-refractivity contribution is -0.132. The van der Waals surface area contributed by atoms with Crippen molar-refractivity contribution < 1.29 is 4.79 Å². The lowest BCUT2D eigenvalue weighted by atomic mass is 9.86. The van der Waals surface area contributed by atoms with Crippen molar-refractivity contribution in [3.63, 3.8) is 0 Å². The van der Waals surface area contributed by atoms with Crippen LogP contribution in [0.4, 0.5) is 0 Å². The number of hydrogen-bond acceptors (Lipinski definition) is 2. The fraction of sp³-hybridized carbons (Fsp3) is 0.722. The number of thiophene rings is 1. The zero-order valence-corrected chi connectivity index (χ0v) is 13.7. The average Bonchev–Trinajstić information content (AvgIpc) is 3.08. The summed E-state index contributed by atoms with van der Waals surface area (Å²) in [6.07, 6.45) is 11.1. The van der Waals surface area contributed by atoms with E-state index in [0.717, 1.165) is 44.7 Å². The van der Waals surface area contributed by atoms with E-state index in [1.807, 2.05) is 0 Å². The van der Waals surface area contributed by atoms with Crippen molar-refractivity contribution in [1.29, 1.82) is 0 Å². The van der Waals surface area contributed by atoms with Crippen LogP contribution in [0.5, 0.6) is 0 Å². The summed E-state index contributed by atoms with van der Waals surface area (Å²) in [4.78, 5) is 14.5. The molecule has 2 nitrogen and oxygen atoms in total. The first-order valence-corrected chi connectivity index (χ1v) is 9.57. The summed E-state index contributed by atoms with van der Waals surface area (Å²) in [7, 11) is 0. The van der Waals surface area contributed by atoms with Gasteiger partial charge in [-0.3, -0.25) is 4.79 Å². The molecule has 2 heterocycles. The first-order valence-electron chi connectivity index (χ1n) is 8.63. The minimum atomic E-state index is 0.407. The van der Waals surface area contributed by atoms with Crippen LogP contribution in [0.1, 0.15) is 69.3 Å². The molecule has 116 valence electrons. The molecule has 21 heavy (non-hydrogen) atoms. The van der Waals surface area contributed by atoms with E-state index in [9.17, 15) is 4.79 Å². The number of piperidine rings is 1. The zero-order valence-electron chi connectivity index (χ0n) is 12.9. The third kappa shape index (κ3) is 4.09. The van der Waals surface area contributed by atoms with Crippen molar-refractivity contribution in [3.8, 4) is 0 Å². The van der Waals surface area contributed by atoms with Crippen LogP contribution in [0, 0.1) is 5.92 Å². The second kappa shape index (κ2) is 7.44. The van der Waals surface area contributed by atoms with E-state index < -0.39 is 0 Å². The van der Waals surface area contributed by atoms with Crippen LogP contribution < -0.4 is 0 Å². The maximum atomic E-state index is 12.4. The molecular formula is C18H27NOS. The molecule has 1 saturated heterocycles. The van der Waals surface area contributed by atoms with Crippen molar-refractivity contribution in [1.82, 2.24) is 4.90 Å². The van der Waals surface area contributed by atoms with E-state index in [4.69, 9.17) is 0 Å². The summed E-state index contributed by atoms with van der Waals surface area (Å²) in [5, 5.41) is 4.43. The molecule has 0 atom stereocenters. The molecule has 0 unspecified atom stereocenters. The molecule has 3 rings (SSSR count). The van der Waals surface area contributed by atoms with E-state index in [1.165, 1.54) is 37.7 Å². The highest BCUT2D eigenvalue weighted by molar-refractivity contribution is 7.07. The van der Waals surface area contributed by atoms with E-state index >= 15 is 0 Å². The maximum Gasteiger partial charge on any atom is 0.222 e. The lowest BCUT2D eigenvalue weighted by Crippen LogP contribution is -2.38. The zero-order chi connectivity index (χ0) is 14.5. The highest BCUT2D eigenvalue weighted by Crippen LogP contribution is 2.31. The second-order valence-corrected chi connectivity index (χ2v) is 7.53. The molecule has 1 aromatic rings. The van der Waals surface area contributed by atoms with Gasteiger partial charge < -0.3 is 4.90 Å². The summed E-state index contributed by atoms with van der Waals surface area (Å²) in [6.45, 7) is 1.92. The Morgan fingerprint density at radius 3 is 2.57 bits per heavy atom. The minimum absolute atomic E-state index is 0.407. The largest absolute Gasteiger partial charge is 0.343 e. The van der Waals surface area contributed by atoms with E-state index in [1.54, 1.807) is 11.3 Å². The Morgan fingerprint density at radius 1 is 1.14 bits per heavy atom. The molecule has 0 N–H and O–H groups in total. The van der Waals surface area contributed by atoms with Gasteiger partial charge >= 0.3 is 0 Å². The van der Waals surface area contributed by atoms with Gasteiger partial charge in [-0.05, 0) is 53.5 Å². The lowest BCUT2D eigenvalue weighted by Gasteiger charge is -2.32. The smallest absolute Gasteiger partial charge is 0.222 e. The van der Waals surface area contributed by atoms with Crippen LogP contribution in [-0.4, -0.2) is 23.9 Å². The number of amides is 1. The van der Waals surface area contributed by atoms with E-state index in [0.29, 0.717) is 11.8 Å². The highest BCUT2D eigenvalue weighted by atomic mass is 32.1. The number of carbonyl (C=O) groups is 1. The van der Waals surface area contributed by atoms with Crippen LogP contribution in [-0.2, 0) is 4.79 Å². The molecule has 1 aliphatic carbocycles. The summed E-state index contributed by atoms with van der Waals surface area (Å²) in [5.74, 6) is 1.91. The topological polar surface area (TPSA) is 20.3 Å². The molecule has 3 heteroatoms. The van der Waals surface area contributed by atoms with Gasteiger partial charge in [-0.25, -0.2) is 0 Å². The number of nitrogens with zero attached hydrogens (tertiary/aromatic N) is 1. The molecule has 0 spiro atoms. The van der Waals surface area contributed by atoms with Crippen molar-refractivity contribution in [2.45, 2.75) is 63.7 Å². The fourth-order valence-electron chi connectivity index (χ4n) is 3.93. The van der Waals surface area contributed by atoms with Gasteiger partial charge in [0.2, 0.25) is 5.91 Å². The van der Waals surface area contributed by atoms with Crippen molar-refractivity contribution >= 4 is 17.2 Å². The predicted octanol–water partition coefficient (Wildman–Crippen LogP) is 4.81. The number of carbonyl (C=O) groups excluding carboxylic acids is 1. The maximum absolute atomic E-state index is 12.4. The van der Waals surface area contributed by atoms with Crippen LogP contribution in [0.3, 0.4) is 0 Å². The first kappa shape index (κ1) is 15.1. The van der Waals surface area contributed by atoms with Crippen LogP contribution in [0.15, 0.2) is 16.8 Å². The average molecular weight is 305 g/mol. The van der Waals surface area contributed by atoms with E-state index in [-0.39, 0.29) is 0 Å². The molecule has 0 bridgehead atoms. The Balaban J connectivity index is 1.40. The quantitative estimate of drug-likeness (QED) is 0.781. The second-order valence-electron chi connectivity index (χ2n) is 6.75. The molecule has 0 aromatic carbocycles. The number of hydrogen-bond donors (Lipinski definition) is 0. The fourth-order valence-corrected chi connectivity index (χ4v) is 4.67. The molecule has 0 radical (unpaired) electrons. The van der Waals surface area contributed by atoms with Crippen molar-refractivity contribution in [2.24, 2.45) is 5.92 Å². The third-order valence-electron chi connectivity index (χ3n) is 5.35. The van der Waals surface area contributed by atoms with Crippen LogP contribution in [0.2, 0.25) is 0 Å². The third-order valence-corrected chi connectivity index (χ3v) is 6.05. The number of rotatable bonds is 4. The van der Waals surface area contributed by atoms with Gasteiger partial charge in [0.05, 0.1) is 0 Å². The molecule has 1 aliphatic heterocycles. The van der Waals surface area contributed by atoms with Gasteiger partial charge in [0.1, 0.15) is 0 Å². The Morgan fingerprint density at radius 2 is 1.90 bits per heavy atom. The Labute approximate surface area is 132 Å². The minimum Gasteiger partial charge on any atom is -0.343 e. The first-order chi connectivity index (χ1) is 10.3. The molecule has 1 amide bonds. The molecule has 1 saturated carbocycles. The van der Waals surface area contributed by atoms with Crippen LogP contribution >= 0.6 is 11.3 Å². The Bertz CT molecular complexity index is 428. The van der Waals surface area contributed by atoms with Gasteiger partial charge in [0, 0.05) is 19.5 Å². The summed E-state index contributed by atoms with van der Waals surface area (Å²) in [5.41, 5.74) is 1.48. The van der Waals surface area contributed by atoms with Crippen LogP contribution in [0.25, 0.3) is 0 Å². The van der Waals surface area contributed by atoms with Gasteiger partial charge in [-0.2, -0.15) is 11.3 Å². The monoisotopic (exact) mass is 305 g/mol. The van der Waals surface area contributed by atoms with Gasteiger partial charge in [0.25, 0.3) is 0 Å². The summed E-state index contributed by atoms with van der Waals surface area (Å²) >= 11 is 1.78. The predicted molar refractivity (Wildman–Crippen MR) is 88.7 cm³/mol. The summed E-state index contributed by atoms with van der Waals surface area (Å²) < 4.78 is 0. The molecular weight excluding hydrogens is 278 g/mol. The van der Waals surface area contributed by atoms with Gasteiger partial charge in [-0.1, -0.05) is 32.1 Å². The van der Waals surface area contributed by atoms with Gasteiger partial charge in [0.15, 0.2) is 0 Å². The highest BCUT2D eigenvalue weighted by Gasteiger charge is 2.24. The molecule has 2 aliphatic rings. The van der Waals surface area contributed by atoms with Gasteiger partial charge in [-0.15, -0.1) is 0 Å². The Hall–Kier alpha value is -0.830. The van der Waals surface area contributed by atoms with E-state index in [2.05, 4.69) is 21.7 Å². The molecule has 1 aromatic heterocycles.